The lowest BCUT2D eigenvalue weighted by atomic mass is 9.96. The van der Waals surface area contributed by atoms with Gasteiger partial charge >= 0.3 is 0 Å². The van der Waals surface area contributed by atoms with Gasteiger partial charge in [-0.2, -0.15) is 0 Å². The Balaban J connectivity index is 1.89. The minimum Gasteiger partial charge on any atom is -0.364 e. The van der Waals surface area contributed by atoms with E-state index in [4.69, 9.17) is 0 Å². The zero-order valence-electron chi connectivity index (χ0n) is 10.7. The first-order valence-electron chi connectivity index (χ1n) is 6.67. The van der Waals surface area contributed by atoms with E-state index >= 15 is 0 Å². The predicted molar refractivity (Wildman–Crippen MR) is 70.3 cm³/mol. The van der Waals surface area contributed by atoms with Crippen molar-refractivity contribution in [1.29, 1.82) is 0 Å². The third-order valence-electron chi connectivity index (χ3n) is 4.40. The lowest BCUT2D eigenvalue weighted by molar-refractivity contribution is 0.373. The molecule has 1 aromatic heterocycles. The van der Waals surface area contributed by atoms with Crippen molar-refractivity contribution in [3.8, 4) is 0 Å². The number of anilines is 1. The summed E-state index contributed by atoms with van der Waals surface area (Å²) >= 11 is 0. The van der Waals surface area contributed by atoms with Gasteiger partial charge in [0.1, 0.15) is 0 Å². The molecule has 92 valence electrons. The van der Waals surface area contributed by atoms with Crippen LogP contribution in [0.15, 0.2) is 18.3 Å². The van der Waals surface area contributed by atoms with E-state index in [0.717, 1.165) is 0 Å². The van der Waals surface area contributed by atoms with E-state index in [1.165, 1.54) is 37.1 Å². The van der Waals surface area contributed by atoms with Crippen molar-refractivity contribution in [3.63, 3.8) is 0 Å². The molecule has 0 spiro atoms. The molecule has 3 nitrogen and oxygen atoms in total. The van der Waals surface area contributed by atoms with Gasteiger partial charge in [-0.3, -0.25) is 4.98 Å². The molecule has 3 heteroatoms. The van der Waals surface area contributed by atoms with Gasteiger partial charge in [0.2, 0.25) is 0 Å². The zero-order valence-corrected chi connectivity index (χ0v) is 10.7. The number of rotatable bonds is 2. The molecule has 2 aliphatic heterocycles. The Morgan fingerprint density at radius 3 is 2.59 bits per heavy atom. The summed E-state index contributed by atoms with van der Waals surface area (Å²) in [6, 6.07) is 6.43. The molecule has 0 amide bonds. The van der Waals surface area contributed by atoms with E-state index < -0.39 is 0 Å². The number of hydrogen-bond acceptors (Lipinski definition) is 3. The van der Waals surface area contributed by atoms with Crippen molar-refractivity contribution in [2.45, 2.75) is 50.7 Å². The largest absolute Gasteiger partial charge is 0.364 e. The van der Waals surface area contributed by atoms with Crippen LogP contribution in [0.2, 0.25) is 0 Å². The minimum absolute atomic E-state index is 0.709. The van der Waals surface area contributed by atoms with Crippen LogP contribution in [-0.4, -0.2) is 30.2 Å². The third-order valence-corrected chi connectivity index (χ3v) is 4.40. The van der Waals surface area contributed by atoms with Crippen molar-refractivity contribution in [2.75, 3.05) is 11.9 Å². The summed E-state index contributed by atoms with van der Waals surface area (Å²) in [5.74, 6) is 0. The fourth-order valence-corrected chi connectivity index (χ4v) is 3.55. The van der Waals surface area contributed by atoms with Crippen molar-refractivity contribution in [3.05, 3.63) is 24.0 Å². The van der Waals surface area contributed by atoms with Crippen LogP contribution in [0.3, 0.4) is 0 Å². The number of fused-ring (bicyclic) bond motifs is 2. The van der Waals surface area contributed by atoms with Crippen LogP contribution >= 0.6 is 0 Å². The lowest BCUT2D eigenvalue weighted by Gasteiger charge is -2.41. The van der Waals surface area contributed by atoms with E-state index in [9.17, 15) is 0 Å². The fraction of sp³-hybridized carbons (Fsp3) is 0.643. The maximum Gasteiger partial charge on any atom is 0.0605 e. The van der Waals surface area contributed by atoms with Gasteiger partial charge in [-0.05, 0) is 51.8 Å². The second-order valence-corrected chi connectivity index (χ2v) is 5.36. The van der Waals surface area contributed by atoms with Gasteiger partial charge in [0.15, 0.2) is 0 Å². The van der Waals surface area contributed by atoms with Crippen LogP contribution in [0.4, 0.5) is 5.69 Å². The van der Waals surface area contributed by atoms with Crippen LogP contribution in [0.1, 0.15) is 31.4 Å². The minimum atomic E-state index is 0.709. The summed E-state index contributed by atoms with van der Waals surface area (Å²) in [4.78, 5) is 7.07. The summed E-state index contributed by atoms with van der Waals surface area (Å²) in [6.45, 7) is 2.12. The van der Waals surface area contributed by atoms with Crippen LogP contribution in [0.25, 0.3) is 0 Å². The average molecular weight is 231 g/mol. The SMILES string of the molecule is CNC1CC2CCC(C1)N2c1cccnc1C. The van der Waals surface area contributed by atoms with Gasteiger partial charge in [-0.25, -0.2) is 0 Å². The average Bonchev–Trinajstić information content (AvgIpc) is 2.60. The van der Waals surface area contributed by atoms with Gasteiger partial charge in [-0.15, -0.1) is 0 Å². The summed E-state index contributed by atoms with van der Waals surface area (Å²) in [5, 5.41) is 3.45. The van der Waals surface area contributed by atoms with Gasteiger partial charge in [0, 0.05) is 24.3 Å². The van der Waals surface area contributed by atoms with E-state index in [0.29, 0.717) is 18.1 Å². The normalized spacial score (nSPS) is 31.9. The molecule has 2 bridgehead atoms. The van der Waals surface area contributed by atoms with Gasteiger partial charge in [0.05, 0.1) is 11.4 Å². The van der Waals surface area contributed by atoms with Gasteiger partial charge < -0.3 is 10.2 Å². The highest BCUT2D eigenvalue weighted by atomic mass is 15.2. The first-order valence-corrected chi connectivity index (χ1v) is 6.67. The quantitative estimate of drug-likeness (QED) is 0.845. The summed E-state index contributed by atoms with van der Waals surface area (Å²) in [7, 11) is 2.09. The standard InChI is InChI=1S/C14H21N3/c1-10-14(4-3-7-16-10)17-12-5-6-13(17)9-11(8-12)15-2/h3-4,7,11-13,15H,5-6,8-9H2,1-2H3. The smallest absolute Gasteiger partial charge is 0.0605 e. The number of aryl methyl sites for hydroxylation is 1. The number of pyridine rings is 1. The fourth-order valence-electron chi connectivity index (χ4n) is 3.55. The van der Waals surface area contributed by atoms with Crippen molar-refractivity contribution >= 4 is 5.69 Å². The lowest BCUT2D eigenvalue weighted by Crippen LogP contribution is -2.48. The molecule has 0 radical (unpaired) electrons. The Labute approximate surface area is 103 Å². The second kappa shape index (κ2) is 4.30. The summed E-state index contributed by atoms with van der Waals surface area (Å²) in [5.41, 5.74) is 2.53. The molecule has 1 N–H and O–H groups in total. The van der Waals surface area contributed by atoms with E-state index in [2.05, 4.69) is 41.3 Å². The predicted octanol–water partition coefficient (Wildman–Crippen LogP) is 2.11. The Bertz CT molecular complexity index is 390. The molecule has 17 heavy (non-hydrogen) atoms. The molecule has 2 aliphatic rings. The first-order chi connectivity index (χ1) is 8.29. The van der Waals surface area contributed by atoms with E-state index in [-0.39, 0.29) is 0 Å². The third kappa shape index (κ3) is 1.82. The molecule has 3 heterocycles. The topological polar surface area (TPSA) is 28.2 Å². The highest BCUT2D eigenvalue weighted by molar-refractivity contribution is 5.53. The Kier molecular flexibility index (Phi) is 2.79. The second-order valence-electron chi connectivity index (χ2n) is 5.36. The maximum atomic E-state index is 4.43. The summed E-state index contributed by atoms with van der Waals surface area (Å²) in [6.07, 6.45) is 7.14. The highest BCUT2D eigenvalue weighted by Crippen LogP contribution is 2.39. The number of hydrogen-bond donors (Lipinski definition) is 1. The van der Waals surface area contributed by atoms with Crippen molar-refractivity contribution in [1.82, 2.24) is 10.3 Å². The Morgan fingerprint density at radius 2 is 2.00 bits per heavy atom. The number of nitrogens with one attached hydrogen (secondary N) is 1. The Morgan fingerprint density at radius 1 is 1.29 bits per heavy atom. The van der Waals surface area contributed by atoms with Crippen LogP contribution in [-0.2, 0) is 0 Å². The van der Waals surface area contributed by atoms with E-state index in [1.807, 2.05) is 6.20 Å². The number of nitrogens with zero attached hydrogens (tertiary/aromatic N) is 2. The molecule has 1 aromatic rings. The number of piperidine rings is 1. The van der Waals surface area contributed by atoms with Crippen LogP contribution < -0.4 is 10.2 Å². The van der Waals surface area contributed by atoms with Crippen LogP contribution in [0.5, 0.6) is 0 Å². The molecule has 3 rings (SSSR count). The number of aromatic nitrogens is 1. The molecule has 2 saturated heterocycles. The molecule has 2 unspecified atom stereocenters. The monoisotopic (exact) mass is 231 g/mol. The molecular weight excluding hydrogens is 210 g/mol. The summed E-state index contributed by atoms with van der Waals surface area (Å²) < 4.78 is 0. The molecule has 2 atom stereocenters. The van der Waals surface area contributed by atoms with Gasteiger partial charge in [-0.1, -0.05) is 0 Å². The molecule has 0 aliphatic carbocycles. The molecule has 0 saturated carbocycles. The molecular formula is C14H21N3. The Hall–Kier alpha value is -1.09. The van der Waals surface area contributed by atoms with Crippen molar-refractivity contribution in [2.24, 2.45) is 0 Å². The maximum absolute atomic E-state index is 4.43. The molecule has 0 aromatic carbocycles. The van der Waals surface area contributed by atoms with E-state index in [1.54, 1.807) is 0 Å². The molecule has 2 fully saturated rings. The van der Waals surface area contributed by atoms with Gasteiger partial charge in [0.25, 0.3) is 0 Å². The zero-order chi connectivity index (χ0) is 11.8. The van der Waals surface area contributed by atoms with Crippen LogP contribution in [0, 0.1) is 6.92 Å². The van der Waals surface area contributed by atoms with Crippen molar-refractivity contribution < 1.29 is 0 Å². The highest BCUT2D eigenvalue weighted by Gasteiger charge is 2.40. The first kappa shape index (κ1) is 11.0.